The molecule has 1 amide bonds. The van der Waals surface area contributed by atoms with Crippen LogP contribution in [0.3, 0.4) is 0 Å². The number of likely N-dealkylation sites (tertiary alicyclic amines) is 1. The normalized spacial score (nSPS) is 16.9. The van der Waals surface area contributed by atoms with Crippen molar-refractivity contribution in [3.8, 4) is 0 Å². The van der Waals surface area contributed by atoms with Crippen LogP contribution in [0.2, 0.25) is 0 Å². The number of carboxylic acids is 1. The Balaban J connectivity index is 2.47. The molecule has 2 atom stereocenters. The van der Waals surface area contributed by atoms with Crippen molar-refractivity contribution in [2.24, 2.45) is 17.3 Å². The zero-order chi connectivity index (χ0) is 37.8. The molecule has 1 aliphatic heterocycles. The first kappa shape index (κ1) is 47.2. The van der Waals surface area contributed by atoms with Crippen molar-refractivity contribution < 1.29 is 29.0 Å². The Morgan fingerprint density at radius 3 is 1.61 bits per heavy atom. The van der Waals surface area contributed by atoms with Crippen LogP contribution < -0.4 is 0 Å². The topological polar surface area (TPSA) is 93.1 Å². The monoisotopic (exact) mass is 722 g/mol. The summed E-state index contributed by atoms with van der Waals surface area (Å²) in [5.41, 5.74) is -1.49. The van der Waals surface area contributed by atoms with E-state index in [0.717, 1.165) is 64.2 Å². The fourth-order valence-electron chi connectivity index (χ4n) is 7.87. The smallest absolute Gasteiger partial charge is 0.410 e. The maximum absolute atomic E-state index is 12.8. The van der Waals surface area contributed by atoms with Crippen molar-refractivity contribution in [1.82, 2.24) is 4.90 Å². The number of nitrogens with zero attached hydrogens (tertiary/aromatic N) is 1. The van der Waals surface area contributed by atoms with Gasteiger partial charge in [0, 0.05) is 19.5 Å². The average Bonchev–Trinajstić information content (AvgIpc) is 3.52. The predicted octanol–water partition coefficient (Wildman–Crippen LogP) is 13.1. The molecule has 0 saturated carbocycles. The molecule has 0 aromatic rings. The van der Waals surface area contributed by atoms with E-state index in [4.69, 9.17) is 9.47 Å². The summed E-state index contributed by atoms with van der Waals surface area (Å²) in [6.07, 6.45) is 31.2. The number of hydrogen-bond donors (Lipinski definition) is 1. The van der Waals surface area contributed by atoms with Crippen LogP contribution in [0.15, 0.2) is 0 Å². The highest BCUT2D eigenvalue weighted by Crippen LogP contribution is 2.40. The van der Waals surface area contributed by atoms with E-state index in [1.165, 1.54) is 96.3 Å². The maximum atomic E-state index is 12.8. The summed E-state index contributed by atoms with van der Waals surface area (Å²) in [6.45, 7) is 13.6. The number of ether oxygens (including phenoxy) is 2. The van der Waals surface area contributed by atoms with Crippen LogP contribution in [0.5, 0.6) is 0 Å². The van der Waals surface area contributed by atoms with Crippen molar-refractivity contribution in [2.45, 2.75) is 227 Å². The van der Waals surface area contributed by atoms with Crippen molar-refractivity contribution >= 4 is 18.0 Å². The molecule has 1 saturated heterocycles. The van der Waals surface area contributed by atoms with Crippen LogP contribution in [0.4, 0.5) is 4.79 Å². The van der Waals surface area contributed by atoms with Gasteiger partial charge in [0.15, 0.2) is 0 Å². The molecule has 1 N–H and O–H groups in total. The van der Waals surface area contributed by atoms with Crippen molar-refractivity contribution in [3.05, 3.63) is 0 Å². The second-order valence-electron chi connectivity index (χ2n) is 17.1. The summed E-state index contributed by atoms with van der Waals surface area (Å²) >= 11 is 0. The molecule has 51 heavy (non-hydrogen) atoms. The minimum atomic E-state index is -0.888. The summed E-state index contributed by atoms with van der Waals surface area (Å²) < 4.78 is 11.2. The lowest BCUT2D eigenvalue weighted by Gasteiger charge is -2.30. The molecule has 0 aromatic carbocycles. The van der Waals surface area contributed by atoms with Gasteiger partial charge in [0.05, 0.1) is 12.0 Å². The largest absolute Gasteiger partial charge is 0.481 e. The van der Waals surface area contributed by atoms with Gasteiger partial charge in [0.2, 0.25) is 0 Å². The van der Waals surface area contributed by atoms with Crippen LogP contribution >= 0.6 is 0 Å². The molecule has 0 spiro atoms. The Kier molecular flexibility index (Phi) is 26.6. The van der Waals surface area contributed by atoms with Crippen molar-refractivity contribution in [1.29, 1.82) is 0 Å². The summed E-state index contributed by atoms with van der Waals surface area (Å²) in [7, 11) is 0. The number of aliphatic carboxylic acids is 1. The Hall–Kier alpha value is -1.79. The zero-order valence-corrected chi connectivity index (χ0v) is 34.5. The number of hydrogen-bond acceptors (Lipinski definition) is 5. The third-order valence-electron chi connectivity index (χ3n) is 11.1. The Morgan fingerprint density at radius 2 is 1.10 bits per heavy atom. The van der Waals surface area contributed by atoms with E-state index >= 15 is 0 Å². The van der Waals surface area contributed by atoms with Crippen molar-refractivity contribution in [2.75, 3.05) is 19.7 Å². The number of carbonyl (C=O) groups excluding carboxylic acids is 2. The van der Waals surface area contributed by atoms with Gasteiger partial charge in [0.25, 0.3) is 0 Å². The highest BCUT2D eigenvalue weighted by molar-refractivity contribution is 5.78. The highest BCUT2D eigenvalue weighted by atomic mass is 16.6. The summed E-state index contributed by atoms with van der Waals surface area (Å²) in [5.74, 6) is 0.235. The number of esters is 1. The van der Waals surface area contributed by atoms with E-state index in [9.17, 15) is 19.5 Å². The lowest BCUT2D eigenvalue weighted by atomic mass is 9.75. The van der Waals surface area contributed by atoms with Crippen LogP contribution in [-0.2, 0) is 19.1 Å². The molecule has 0 aromatic heterocycles. The van der Waals surface area contributed by atoms with Gasteiger partial charge in [-0.15, -0.1) is 0 Å². The molecule has 1 fully saturated rings. The minimum Gasteiger partial charge on any atom is -0.481 e. The molecule has 1 unspecified atom stereocenters. The lowest BCUT2D eigenvalue weighted by molar-refractivity contribution is -0.149. The van der Waals surface area contributed by atoms with Gasteiger partial charge in [-0.05, 0) is 58.3 Å². The second-order valence-corrected chi connectivity index (χ2v) is 17.1. The van der Waals surface area contributed by atoms with Gasteiger partial charge in [-0.2, -0.15) is 0 Å². The molecule has 0 bridgehead atoms. The second kappa shape index (κ2) is 28.7. The van der Waals surface area contributed by atoms with Crippen LogP contribution in [-0.4, -0.2) is 53.3 Å². The number of amides is 1. The van der Waals surface area contributed by atoms with Gasteiger partial charge in [-0.1, -0.05) is 168 Å². The quantitative estimate of drug-likeness (QED) is 0.0549. The average molecular weight is 722 g/mol. The van der Waals surface area contributed by atoms with Crippen LogP contribution in [0.1, 0.15) is 221 Å². The van der Waals surface area contributed by atoms with Crippen LogP contribution in [0, 0.1) is 17.3 Å². The molecule has 300 valence electrons. The van der Waals surface area contributed by atoms with Gasteiger partial charge < -0.3 is 19.5 Å². The standard InChI is InChI=1S/C44H83NO6/c1-7-10-13-14-15-16-19-24-29-39(36-44(41(47)48)33-34-45(37-44)42(49)51-43(4,5)6)30-25-20-17-18-21-26-31-40(46)50-35-32-38(27-22-11-8-2)28-23-12-9-3/h38-39H,7-37H2,1-6H3,(H,47,48)/t39?,44-/m0/s1. The lowest BCUT2D eigenvalue weighted by Crippen LogP contribution is -2.40. The van der Waals surface area contributed by atoms with E-state index in [1.807, 2.05) is 20.8 Å². The fourth-order valence-corrected chi connectivity index (χ4v) is 7.87. The highest BCUT2D eigenvalue weighted by Gasteiger charge is 2.48. The third kappa shape index (κ3) is 23.5. The predicted molar refractivity (Wildman–Crippen MR) is 212 cm³/mol. The molecular weight excluding hydrogens is 638 g/mol. The number of rotatable bonds is 32. The maximum Gasteiger partial charge on any atom is 0.410 e. The van der Waals surface area contributed by atoms with Crippen molar-refractivity contribution in [3.63, 3.8) is 0 Å². The number of carboxylic acid groups (broad SMARTS) is 1. The molecule has 1 heterocycles. The van der Waals surface area contributed by atoms with Gasteiger partial charge in [-0.3, -0.25) is 9.59 Å². The van der Waals surface area contributed by atoms with E-state index in [1.54, 1.807) is 4.90 Å². The molecule has 0 radical (unpaired) electrons. The minimum absolute atomic E-state index is 0.0378. The Morgan fingerprint density at radius 1 is 0.647 bits per heavy atom. The van der Waals surface area contributed by atoms with E-state index in [0.29, 0.717) is 44.2 Å². The van der Waals surface area contributed by atoms with Gasteiger partial charge in [-0.25, -0.2) is 4.79 Å². The first-order chi connectivity index (χ1) is 24.5. The van der Waals surface area contributed by atoms with E-state index in [-0.39, 0.29) is 12.5 Å². The molecule has 7 heteroatoms. The SMILES string of the molecule is CCCCCCCCCCC(CCCCCCCCC(=O)OCCC(CCCCC)CCCCC)C[C@@]1(C(=O)O)CCN(C(=O)OC(C)(C)C)C1. The molecule has 0 aliphatic carbocycles. The number of carbonyl (C=O) groups is 3. The first-order valence-electron chi connectivity index (χ1n) is 21.8. The molecule has 1 rings (SSSR count). The summed E-state index contributed by atoms with van der Waals surface area (Å²) in [4.78, 5) is 39.5. The summed E-state index contributed by atoms with van der Waals surface area (Å²) in [6, 6.07) is 0. The van der Waals surface area contributed by atoms with E-state index < -0.39 is 23.1 Å². The fraction of sp³-hybridized carbons (Fsp3) is 0.932. The molecule has 7 nitrogen and oxygen atoms in total. The Bertz CT molecular complexity index is 891. The third-order valence-corrected chi connectivity index (χ3v) is 11.1. The zero-order valence-electron chi connectivity index (χ0n) is 34.5. The Labute approximate surface area is 315 Å². The van der Waals surface area contributed by atoms with E-state index in [2.05, 4.69) is 20.8 Å². The van der Waals surface area contributed by atoms with Gasteiger partial charge in [0.1, 0.15) is 5.60 Å². The van der Waals surface area contributed by atoms with Crippen LogP contribution in [0.25, 0.3) is 0 Å². The number of unbranched alkanes of at least 4 members (excludes halogenated alkanes) is 16. The summed E-state index contributed by atoms with van der Waals surface area (Å²) in [5, 5.41) is 10.4. The van der Waals surface area contributed by atoms with Gasteiger partial charge >= 0.3 is 18.0 Å². The first-order valence-corrected chi connectivity index (χ1v) is 21.8. The molecule has 1 aliphatic rings. The molecular formula is C44H83NO6.